The minimum atomic E-state index is -1.22. The summed E-state index contributed by atoms with van der Waals surface area (Å²) in [5, 5.41) is 5.36. The average molecular weight is 496 g/mol. The Bertz CT molecular complexity index is 865. The number of likely N-dealkylation sites (tertiary alicyclic amines) is 1. The maximum Gasteiger partial charge on any atom is 0.405 e. The Morgan fingerprint density at radius 3 is 2.49 bits per heavy atom. The second-order valence-corrected chi connectivity index (χ2v) is 10.8. The molecular weight excluding hydrogens is 458 g/mol. The molecule has 0 aromatic heterocycles. The summed E-state index contributed by atoms with van der Waals surface area (Å²) < 4.78 is 11.2. The van der Waals surface area contributed by atoms with E-state index >= 15 is 0 Å². The van der Waals surface area contributed by atoms with E-state index in [1.165, 1.54) is 4.90 Å². The Kier molecular flexibility index (Phi) is 7.93. The zero-order valence-electron chi connectivity index (χ0n) is 20.6. The summed E-state index contributed by atoms with van der Waals surface area (Å²) in [6.45, 7) is 6.34. The quantitative estimate of drug-likeness (QED) is 0.368. The average Bonchev–Trinajstić information content (AvgIpc) is 3.34. The molecule has 3 aliphatic heterocycles. The smallest absolute Gasteiger partial charge is 0.405 e. The SMILES string of the molecule is CC(C)(C)[C@H](OC(N)=O)C(=O)N1CC2(CCCCO2)C[C@H]1C(=O)N[C@@H](C[C@@H]1CCNC1=O)C(N)=O. The highest BCUT2D eigenvalue weighted by atomic mass is 16.6. The van der Waals surface area contributed by atoms with Gasteiger partial charge in [-0.05, 0) is 32.1 Å². The fourth-order valence-electron chi connectivity index (χ4n) is 5.14. The maximum atomic E-state index is 13.6. The molecule has 3 fully saturated rings. The van der Waals surface area contributed by atoms with Gasteiger partial charge in [0.25, 0.3) is 5.91 Å². The zero-order valence-corrected chi connectivity index (χ0v) is 20.6. The van der Waals surface area contributed by atoms with Crippen LogP contribution in [0.4, 0.5) is 4.79 Å². The molecule has 6 N–H and O–H groups in total. The number of rotatable bonds is 7. The largest absolute Gasteiger partial charge is 0.436 e. The number of nitrogens with zero attached hydrogens (tertiary/aromatic N) is 1. The van der Waals surface area contributed by atoms with E-state index in [0.717, 1.165) is 12.8 Å². The van der Waals surface area contributed by atoms with Gasteiger partial charge in [0.1, 0.15) is 12.1 Å². The molecule has 0 bridgehead atoms. The van der Waals surface area contributed by atoms with Crippen molar-refractivity contribution in [3.8, 4) is 0 Å². The van der Waals surface area contributed by atoms with Gasteiger partial charge in [-0.3, -0.25) is 19.2 Å². The summed E-state index contributed by atoms with van der Waals surface area (Å²) in [5.74, 6) is -2.51. The lowest BCUT2D eigenvalue weighted by Crippen LogP contribution is -2.56. The molecule has 0 radical (unpaired) electrons. The molecule has 5 amide bonds. The van der Waals surface area contributed by atoms with Crippen LogP contribution in [-0.4, -0.2) is 78.1 Å². The number of carbonyl (C=O) groups is 5. The van der Waals surface area contributed by atoms with E-state index in [2.05, 4.69) is 10.6 Å². The molecule has 5 atom stereocenters. The summed E-state index contributed by atoms with van der Waals surface area (Å²) in [7, 11) is 0. The third-order valence-corrected chi connectivity index (χ3v) is 7.01. The summed E-state index contributed by atoms with van der Waals surface area (Å²) >= 11 is 0. The van der Waals surface area contributed by atoms with Gasteiger partial charge in [0.15, 0.2) is 6.10 Å². The first kappa shape index (κ1) is 26.7. The highest BCUT2D eigenvalue weighted by molar-refractivity contribution is 5.94. The van der Waals surface area contributed by atoms with Crippen molar-refractivity contribution in [2.45, 2.75) is 83.1 Å². The Morgan fingerprint density at radius 2 is 1.97 bits per heavy atom. The molecule has 12 nitrogen and oxygen atoms in total. The van der Waals surface area contributed by atoms with Gasteiger partial charge in [-0.2, -0.15) is 0 Å². The molecule has 0 aliphatic carbocycles. The van der Waals surface area contributed by atoms with E-state index in [1.54, 1.807) is 20.8 Å². The maximum absolute atomic E-state index is 13.6. The van der Waals surface area contributed by atoms with E-state index in [9.17, 15) is 24.0 Å². The van der Waals surface area contributed by atoms with Gasteiger partial charge in [0.05, 0.1) is 12.1 Å². The van der Waals surface area contributed by atoms with Crippen molar-refractivity contribution in [1.29, 1.82) is 0 Å². The number of amides is 5. The minimum absolute atomic E-state index is 0.0740. The van der Waals surface area contributed by atoms with Crippen LogP contribution >= 0.6 is 0 Å². The molecule has 3 saturated heterocycles. The monoisotopic (exact) mass is 495 g/mol. The first-order valence-corrected chi connectivity index (χ1v) is 12.1. The van der Waals surface area contributed by atoms with Crippen LogP contribution in [0.1, 0.15) is 59.3 Å². The van der Waals surface area contributed by atoms with Crippen LogP contribution in [-0.2, 0) is 28.7 Å². The standard InChI is InChI=1S/C23H37N5O7/c1-22(2,3)16(35-21(25)33)20(32)28-12-23(7-4-5-9-34-23)11-15(28)19(31)27-14(17(24)29)10-13-6-8-26-18(13)30/h13-16H,4-12H2,1-3H3,(H2,24,29)(H2,25,33)(H,26,30)(H,27,31)/t13-,14-,15-,16+,23?/m0/s1. The molecule has 1 unspecified atom stereocenters. The van der Waals surface area contributed by atoms with Gasteiger partial charge in [-0.1, -0.05) is 20.8 Å². The van der Waals surface area contributed by atoms with E-state index in [-0.39, 0.29) is 25.3 Å². The predicted molar refractivity (Wildman–Crippen MR) is 123 cm³/mol. The van der Waals surface area contributed by atoms with Crippen LogP contribution in [0.25, 0.3) is 0 Å². The van der Waals surface area contributed by atoms with Crippen LogP contribution in [0, 0.1) is 11.3 Å². The molecule has 0 saturated carbocycles. The summed E-state index contributed by atoms with van der Waals surface area (Å²) in [6.07, 6.45) is 0.971. The fourth-order valence-corrected chi connectivity index (χ4v) is 5.14. The lowest BCUT2D eigenvalue weighted by atomic mass is 9.88. The van der Waals surface area contributed by atoms with Crippen molar-refractivity contribution in [1.82, 2.24) is 15.5 Å². The van der Waals surface area contributed by atoms with Crippen LogP contribution in [0.5, 0.6) is 0 Å². The Balaban J connectivity index is 1.84. The van der Waals surface area contributed by atoms with E-state index < -0.39 is 58.9 Å². The van der Waals surface area contributed by atoms with Gasteiger partial charge in [0.2, 0.25) is 17.7 Å². The summed E-state index contributed by atoms with van der Waals surface area (Å²) in [4.78, 5) is 64.1. The van der Waals surface area contributed by atoms with Crippen LogP contribution < -0.4 is 22.1 Å². The molecule has 0 aromatic rings. The van der Waals surface area contributed by atoms with Crippen LogP contribution in [0.15, 0.2) is 0 Å². The summed E-state index contributed by atoms with van der Waals surface area (Å²) in [5.41, 5.74) is 9.26. The van der Waals surface area contributed by atoms with Gasteiger partial charge in [-0.15, -0.1) is 0 Å². The third kappa shape index (κ3) is 6.22. The molecule has 3 aliphatic rings. The van der Waals surface area contributed by atoms with Crippen molar-refractivity contribution in [2.24, 2.45) is 22.8 Å². The van der Waals surface area contributed by atoms with Crippen molar-refractivity contribution in [3.05, 3.63) is 0 Å². The number of primary amides is 2. The van der Waals surface area contributed by atoms with Crippen molar-refractivity contribution >= 4 is 29.7 Å². The summed E-state index contributed by atoms with van der Waals surface area (Å²) in [6, 6.07) is -2.04. The molecule has 3 heterocycles. The van der Waals surface area contributed by atoms with Crippen molar-refractivity contribution < 1.29 is 33.4 Å². The first-order valence-electron chi connectivity index (χ1n) is 12.1. The van der Waals surface area contributed by atoms with Gasteiger partial charge in [0, 0.05) is 30.9 Å². The minimum Gasteiger partial charge on any atom is -0.436 e. The second-order valence-electron chi connectivity index (χ2n) is 10.8. The van der Waals surface area contributed by atoms with E-state index in [4.69, 9.17) is 20.9 Å². The van der Waals surface area contributed by atoms with Crippen molar-refractivity contribution in [3.63, 3.8) is 0 Å². The Morgan fingerprint density at radius 1 is 1.26 bits per heavy atom. The Labute approximate surface area is 204 Å². The van der Waals surface area contributed by atoms with Crippen LogP contribution in [0.3, 0.4) is 0 Å². The first-order chi connectivity index (χ1) is 16.3. The lowest BCUT2D eigenvalue weighted by molar-refractivity contribution is -0.151. The van der Waals surface area contributed by atoms with Crippen LogP contribution in [0.2, 0.25) is 0 Å². The second kappa shape index (κ2) is 10.4. The van der Waals surface area contributed by atoms with Gasteiger partial charge in [-0.25, -0.2) is 4.79 Å². The molecule has 196 valence electrons. The highest BCUT2D eigenvalue weighted by Crippen LogP contribution is 2.39. The van der Waals surface area contributed by atoms with E-state index in [0.29, 0.717) is 26.0 Å². The molecule has 3 rings (SSSR count). The Hall–Kier alpha value is -2.89. The number of hydrogen-bond acceptors (Lipinski definition) is 7. The molecule has 12 heteroatoms. The molecule has 1 spiro atoms. The van der Waals surface area contributed by atoms with Crippen molar-refractivity contribution in [2.75, 3.05) is 19.7 Å². The van der Waals surface area contributed by atoms with Gasteiger partial charge >= 0.3 is 6.09 Å². The molecule has 35 heavy (non-hydrogen) atoms. The highest BCUT2D eigenvalue weighted by Gasteiger charge is 2.53. The van der Waals surface area contributed by atoms with E-state index in [1.807, 2.05) is 0 Å². The number of ether oxygens (including phenoxy) is 2. The normalized spacial score (nSPS) is 28.3. The number of carbonyl (C=O) groups excluding carboxylic acids is 5. The lowest BCUT2D eigenvalue weighted by Gasteiger charge is -2.35. The third-order valence-electron chi connectivity index (χ3n) is 7.01. The fraction of sp³-hybridized carbons (Fsp3) is 0.783. The number of hydrogen-bond donors (Lipinski definition) is 4. The molecule has 0 aromatic carbocycles. The van der Waals surface area contributed by atoms with Gasteiger partial charge < -0.3 is 36.5 Å². The zero-order chi connectivity index (χ0) is 26.0. The number of nitrogens with one attached hydrogen (secondary N) is 2. The topological polar surface area (TPSA) is 183 Å². The number of nitrogens with two attached hydrogens (primary N) is 2. The predicted octanol–water partition coefficient (Wildman–Crippen LogP) is -0.467. The molecular formula is C23H37N5O7.